The monoisotopic (exact) mass is 458 g/mol. The molecule has 1 heterocycles. The largest absolute Gasteiger partial charge is 0.417 e. The third-order valence-corrected chi connectivity index (χ3v) is 4.94. The van der Waals surface area contributed by atoms with Crippen LogP contribution in [0.2, 0.25) is 5.02 Å². The number of pyridine rings is 1. The van der Waals surface area contributed by atoms with Crippen molar-refractivity contribution in [3.8, 4) is 0 Å². The molecule has 1 aromatic heterocycles. The maximum atomic E-state index is 13.1. The van der Waals surface area contributed by atoms with Gasteiger partial charge in [-0.3, -0.25) is 9.78 Å². The molecule has 5 nitrogen and oxygen atoms in total. The van der Waals surface area contributed by atoms with Gasteiger partial charge >= 0.3 is 6.18 Å². The van der Waals surface area contributed by atoms with Crippen LogP contribution in [0.15, 0.2) is 67.0 Å². The number of nitrogens with two attached hydrogens (primary N) is 1. The number of hydrogen-bond acceptors (Lipinski definition) is 4. The Morgan fingerprint density at radius 3 is 2.56 bits per heavy atom. The van der Waals surface area contributed by atoms with Crippen LogP contribution in [-0.4, -0.2) is 16.6 Å². The standard InChI is InChI=1S/C23H18ClF3N4O/c1-13-4-5-14(9-17(13)21(29)11-20(28)15-3-2-8-30-12-15)22(32)31-16-6-7-19(24)18(10-16)23(25,26)27/h2-12,28H,29H2,1H3,(H,31,32)/b21-11-,28-20?. The number of halogens is 4. The second-order valence-electron chi connectivity index (χ2n) is 6.93. The van der Waals surface area contributed by atoms with Gasteiger partial charge in [-0.2, -0.15) is 13.2 Å². The predicted molar refractivity (Wildman–Crippen MR) is 119 cm³/mol. The van der Waals surface area contributed by atoms with Crippen LogP contribution in [0.5, 0.6) is 0 Å². The highest BCUT2D eigenvalue weighted by Crippen LogP contribution is 2.36. The van der Waals surface area contributed by atoms with Crippen molar-refractivity contribution in [3.63, 3.8) is 0 Å². The number of benzene rings is 2. The highest BCUT2D eigenvalue weighted by Gasteiger charge is 2.33. The van der Waals surface area contributed by atoms with Gasteiger partial charge in [-0.25, -0.2) is 0 Å². The van der Waals surface area contributed by atoms with Gasteiger partial charge in [-0.05, 0) is 61.0 Å². The highest BCUT2D eigenvalue weighted by molar-refractivity contribution is 6.31. The van der Waals surface area contributed by atoms with E-state index in [1.807, 2.05) is 0 Å². The number of amides is 1. The minimum atomic E-state index is -4.65. The third kappa shape index (κ3) is 5.33. The molecule has 164 valence electrons. The highest BCUT2D eigenvalue weighted by atomic mass is 35.5. The number of allylic oxidation sites excluding steroid dienone is 1. The summed E-state index contributed by atoms with van der Waals surface area (Å²) >= 11 is 5.62. The Morgan fingerprint density at radius 1 is 1.16 bits per heavy atom. The molecule has 0 unspecified atom stereocenters. The lowest BCUT2D eigenvalue weighted by Crippen LogP contribution is -2.14. The molecule has 0 saturated heterocycles. The number of anilines is 1. The summed E-state index contributed by atoms with van der Waals surface area (Å²) in [5, 5.41) is 10.2. The van der Waals surface area contributed by atoms with E-state index in [1.165, 1.54) is 30.5 Å². The van der Waals surface area contributed by atoms with Crippen molar-refractivity contribution in [2.45, 2.75) is 13.1 Å². The van der Waals surface area contributed by atoms with Crippen molar-refractivity contribution in [2.24, 2.45) is 5.73 Å². The summed E-state index contributed by atoms with van der Waals surface area (Å²) in [4.78, 5) is 16.6. The molecule has 2 aromatic carbocycles. The van der Waals surface area contributed by atoms with Crippen LogP contribution in [0.4, 0.5) is 18.9 Å². The number of nitrogens with one attached hydrogen (secondary N) is 2. The van der Waals surface area contributed by atoms with Crippen molar-refractivity contribution in [3.05, 3.63) is 99.8 Å². The molecule has 0 radical (unpaired) electrons. The molecule has 0 bridgehead atoms. The van der Waals surface area contributed by atoms with Gasteiger partial charge in [0, 0.05) is 40.5 Å². The van der Waals surface area contributed by atoms with Crippen molar-refractivity contribution in [1.82, 2.24) is 4.98 Å². The van der Waals surface area contributed by atoms with Crippen LogP contribution in [0, 0.1) is 12.3 Å². The fourth-order valence-electron chi connectivity index (χ4n) is 2.94. The average molecular weight is 459 g/mol. The number of aryl methyl sites for hydroxylation is 1. The maximum absolute atomic E-state index is 13.1. The van der Waals surface area contributed by atoms with Crippen molar-refractivity contribution < 1.29 is 18.0 Å². The number of rotatable bonds is 5. The molecule has 0 atom stereocenters. The molecule has 4 N–H and O–H groups in total. The van der Waals surface area contributed by atoms with Crippen LogP contribution in [-0.2, 0) is 6.18 Å². The molecule has 0 fully saturated rings. The maximum Gasteiger partial charge on any atom is 0.417 e. The fourth-order valence-corrected chi connectivity index (χ4v) is 3.16. The first-order valence-corrected chi connectivity index (χ1v) is 9.69. The first kappa shape index (κ1) is 23.0. The van der Waals surface area contributed by atoms with E-state index in [2.05, 4.69) is 10.3 Å². The lowest BCUT2D eigenvalue weighted by Gasteiger charge is -2.13. The molecule has 1 amide bonds. The number of carbonyl (C=O) groups excluding carboxylic acids is 1. The third-order valence-electron chi connectivity index (χ3n) is 4.61. The second-order valence-corrected chi connectivity index (χ2v) is 7.34. The van der Waals surface area contributed by atoms with E-state index < -0.39 is 22.7 Å². The molecule has 0 aliphatic heterocycles. The average Bonchev–Trinajstić information content (AvgIpc) is 2.75. The quantitative estimate of drug-likeness (QED) is 0.429. The molecule has 0 saturated carbocycles. The van der Waals surface area contributed by atoms with Gasteiger partial charge in [0.05, 0.1) is 16.3 Å². The summed E-state index contributed by atoms with van der Waals surface area (Å²) in [7, 11) is 0. The zero-order chi connectivity index (χ0) is 23.5. The minimum absolute atomic E-state index is 0.0456. The van der Waals surface area contributed by atoms with E-state index in [1.54, 1.807) is 31.3 Å². The zero-order valence-corrected chi connectivity index (χ0v) is 17.6. The SMILES string of the molecule is Cc1ccc(C(=O)Nc2ccc(Cl)c(C(F)(F)F)c2)cc1/C(N)=C/C(=N)c1cccnc1. The van der Waals surface area contributed by atoms with E-state index in [0.717, 1.165) is 17.7 Å². The second kappa shape index (κ2) is 9.23. The van der Waals surface area contributed by atoms with E-state index in [-0.39, 0.29) is 22.7 Å². The van der Waals surface area contributed by atoms with Crippen molar-refractivity contribution in [1.29, 1.82) is 5.41 Å². The first-order chi connectivity index (χ1) is 15.1. The lowest BCUT2D eigenvalue weighted by atomic mass is 10.00. The normalized spacial score (nSPS) is 11.8. The first-order valence-electron chi connectivity index (χ1n) is 9.31. The van der Waals surface area contributed by atoms with E-state index in [4.69, 9.17) is 22.7 Å². The smallest absolute Gasteiger partial charge is 0.398 e. The molecule has 32 heavy (non-hydrogen) atoms. The molecule has 3 aromatic rings. The Labute approximate surface area is 187 Å². The molecular weight excluding hydrogens is 441 g/mol. The summed E-state index contributed by atoms with van der Waals surface area (Å²) in [6.07, 6.45) is -0.0682. The summed E-state index contributed by atoms with van der Waals surface area (Å²) in [5.41, 5.74) is 7.55. The van der Waals surface area contributed by atoms with Crippen molar-refractivity contribution >= 4 is 34.6 Å². The number of nitrogens with zero attached hydrogens (tertiary/aromatic N) is 1. The van der Waals surface area contributed by atoms with Gasteiger partial charge in [0.2, 0.25) is 0 Å². The molecule has 9 heteroatoms. The zero-order valence-electron chi connectivity index (χ0n) is 16.8. The van der Waals surface area contributed by atoms with Gasteiger partial charge in [-0.15, -0.1) is 0 Å². The molecule has 0 spiro atoms. The van der Waals surface area contributed by atoms with Crippen molar-refractivity contribution in [2.75, 3.05) is 5.32 Å². The Morgan fingerprint density at radius 2 is 1.91 bits per heavy atom. The van der Waals surface area contributed by atoms with Gasteiger partial charge in [0.15, 0.2) is 0 Å². The number of carbonyl (C=O) groups is 1. The van der Waals surface area contributed by atoms with E-state index in [0.29, 0.717) is 11.1 Å². The molecular formula is C23H18ClF3N4O. The van der Waals surface area contributed by atoms with Crippen LogP contribution >= 0.6 is 11.6 Å². The molecule has 3 rings (SSSR count). The van der Waals surface area contributed by atoms with Crippen LogP contribution in [0.25, 0.3) is 5.70 Å². The molecule has 0 aliphatic rings. The van der Waals surface area contributed by atoms with Crippen LogP contribution in [0.1, 0.15) is 32.6 Å². The Hall–Kier alpha value is -3.65. The lowest BCUT2D eigenvalue weighted by molar-refractivity contribution is -0.137. The Balaban J connectivity index is 1.86. The number of alkyl halides is 3. The van der Waals surface area contributed by atoms with Gasteiger partial charge < -0.3 is 16.5 Å². The number of aromatic nitrogens is 1. The minimum Gasteiger partial charge on any atom is -0.398 e. The topological polar surface area (TPSA) is 91.9 Å². The van der Waals surface area contributed by atoms with Crippen LogP contribution < -0.4 is 11.1 Å². The molecule has 0 aliphatic carbocycles. The summed E-state index contributed by atoms with van der Waals surface area (Å²) < 4.78 is 39.2. The van der Waals surface area contributed by atoms with E-state index in [9.17, 15) is 18.0 Å². The Kier molecular flexibility index (Phi) is 6.64. The van der Waals surface area contributed by atoms with Gasteiger partial charge in [0.25, 0.3) is 5.91 Å². The van der Waals surface area contributed by atoms with Gasteiger partial charge in [-0.1, -0.05) is 17.7 Å². The Bertz CT molecular complexity index is 1210. The van der Waals surface area contributed by atoms with E-state index >= 15 is 0 Å². The summed E-state index contributed by atoms with van der Waals surface area (Å²) in [6, 6.07) is 11.3. The number of hydrogen-bond donors (Lipinski definition) is 3. The van der Waals surface area contributed by atoms with Crippen LogP contribution in [0.3, 0.4) is 0 Å². The van der Waals surface area contributed by atoms with Gasteiger partial charge in [0.1, 0.15) is 0 Å². The summed E-state index contributed by atoms with van der Waals surface area (Å²) in [5.74, 6) is -0.614. The predicted octanol–water partition coefficient (Wildman–Crippen LogP) is 5.68. The summed E-state index contributed by atoms with van der Waals surface area (Å²) in [6.45, 7) is 1.79. The fraction of sp³-hybridized carbons (Fsp3) is 0.0870.